The molecule has 0 unspecified atom stereocenters. The zero-order chi connectivity index (χ0) is 11.0. The first-order chi connectivity index (χ1) is 7.13. The van der Waals surface area contributed by atoms with E-state index in [9.17, 15) is 0 Å². The van der Waals surface area contributed by atoms with Crippen LogP contribution in [0.4, 0.5) is 0 Å². The van der Waals surface area contributed by atoms with Crippen molar-refractivity contribution in [2.75, 3.05) is 0 Å². The van der Waals surface area contributed by atoms with Crippen LogP contribution < -0.4 is 0 Å². The number of aryl methyl sites for hydroxylation is 2. The van der Waals surface area contributed by atoms with Gasteiger partial charge >= 0.3 is 5.35 Å². The van der Waals surface area contributed by atoms with Crippen LogP contribution in [0.5, 0.6) is 0 Å². The minimum atomic E-state index is 0.0491. The van der Waals surface area contributed by atoms with E-state index >= 15 is 0 Å². The normalized spacial score (nSPS) is 10.9. The minimum absolute atomic E-state index is 0.0491. The lowest BCUT2D eigenvalue weighted by Crippen LogP contribution is -1.98. The lowest BCUT2D eigenvalue weighted by molar-refractivity contribution is 0.420. The van der Waals surface area contributed by atoms with Gasteiger partial charge in [-0.15, -0.1) is 0 Å². The summed E-state index contributed by atoms with van der Waals surface area (Å²) in [6, 6.07) is 0. The van der Waals surface area contributed by atoms with E-state index in [2.05, 4.69) is 15.2 Å². The number of halogens is 1. The fourth-order valence-electron chi connectivity index (χ4n) is 1.63. The summed E-state index contributed by atoms with van der Waals surface area (Å²) in [5.74, 6) is 0.495. The highest BCUT2D eigenvalue weighted by molar-refractivity contribution is 6.27. The Morgan fingerprint density at radius 2 is 2.13 bits per heavy atom. The van der Waals surface area contributed by atoms with Crippen LogP contribution in [-0.4, -0.2) is 19.9 Å². The van der Waals surface area contributed by atoms with Crippen molar-refractivity contribution in [3.8, 4) is 11.4 Å². The Morgan fingerprint density at radius 3 is 2.60 bits per heavy atom. The number of nitrogens with zero attached hydrogens (tertiary/aromatic N) is 4. The van der Waals surface area contributed by atoms with E-state index in [0.717, 1.165) is 23.5 Å². The van der Waals surface area contributed by atoms with Gasteiger partial charge < -0.3 is 4.52 Å². The molecule has 5 nitrogen and oxygen atoms in total. The molecule has 0 aliphatic rings. The molecule has 6 heteroatoms. The first kappa shape index (κ1) is 10.2. The number of aromatic nitrogens is 4. The second kappa shape index (κ2) is 3.66. The number of rotatable bonds is 2. The molecule has 0 aliphatic heterocycles. The lowest BCUT2D eigenvalue weighted by atomic mass is 10.2. The monoisotopic (exact) mass is 226 g/mol. The van der Waals surface area contributed by atoms with Crippen molar-refractivity contribution in [1.29, 1.82) is 0 Å². The van der Waals surface area contributed by atoms with Crippen LogP contribution in [0.15, 0.2) is 4.52 Å². The third kappa shape index (κ3) is 1.63. The molecule has 0 saturated carbocycles. The van der Waals surface area contributed by atoms with Crippen LogP contribution in [0.1, 0.15) is 18.3 Å². The van der Waals surface area contributed by atoms with Crippen molar-refractivity contribution in [1.82, 2.24) is 19.9 Å². The standard InChI is InChI=1S/C9H11ClN4O/c1-4-14-6(3)7(5(2)12-14)8-11-9(10)15-13-8/h4H2,1-3H3. The van der Waals surface area contributed by atoms with Gasteiger partial charge in [-0.25, -0.2) is 0 Å². The third-order valence-electron chi connectivity index (χ3n) is 2.31. The summed E-state index contributed by atoms with van der Waals surface area (Å²) in [6.07, 6.45) is 0. The summed E-state index contributed by atoms with van der Waals surface area (Å²) < 4.78 is 6.64. The average molecular weight is 227 g/mol. The Morgan fingerprint density at radius 1 is 1.40 bits per heavy atom. The molecular formula is C9H11ClN4O. The maximum atomic E-state index is 5.59. The maximum absolute atomic E-state index is 5.59. The zero-order valence-electron chi connectivity index (χ0n) is 8.78. The predicted molar refractivity (Wildman–Crippen MR) is 55.7 cm³/mol. The van der Waals surface area contributed by atoms with Crippen LogP contribution in [0.3, 0.4) is 0 Å². The van der Waals surface area contributed by atoms with E-state index in [4.69, 9.17) is 16.1 Å². The molecule has 0 aliphatic carbocycles. The van der Waals surface area contributed by atoms with E-state index in [1.54, 1.807) is 0 Å². The van der Waals surface area contributed by atoms with Crippen molar-refractivity contribution >= 4 is 11.6 Å². The molecule has 2 aromatic rings. The number of hydrogen-bond donors (Lipinski definition) is 0. The smallest absolute Gasteiger partial charge is 0.320 e. The third-order valence-corrected chi connectivity index (χ3v) is 2.46. The van der Waals surface area contributed by atoms with Crippen LogP contribution in [0, 0.1) is 13.8 Å². The predicted octanol–water partition coefficient (Wildman–Crippen LogP) is 2.22. The molecule has 15 heavy (non-hydrogen) atoms. The molecule has 0 N–H and O–H groups in total. The Hall–Kier alpha value is -1.36. The molecule has 0 amide bonds. The lowest BCUT2D eigenvalue weighted by Gasteiger charge is -1.98. The molecule has 2 heterocycles. The summed E-state index contributed by atoms with van der Waals surface area (Å²) in [4.78, 5) is 3.98. The molecular weight excluding hydrogens is 216 g/mol. The quantitative estimate of drug-likeness (QED) is 0.788. The Bertz CT molecular complexity index is 488. The summed E-state index contributed by atoms with van der Waals surface area (Å²) in [6.45, 7) is 6.74. The highest BCUT2D eigenvalue weighted by Crippen LogP contribution is 2.24. The molecule has 0 spiro atoms. The molecule has 0 bridgehead atoms. The zero-order valence-corrected chi connectivity index (χ0v) is 9.54. The topological polar surface area (TPSA) is 56.7 Å². The van der Waals surface area contributed by atoms with Gasteiger partial charge in [-0.1, -0.05) is 5.16 Å². The van der Waals surface area contributed by atoms with Gasteiger partial charge in [0.15, 0.2) is 0 Å². The van der Waals surface area contributed by atoms with Gasteiger partial charge in [0, 0.05) is 12.2 Å². The van der Waals surface area contributed by atoms with Crippen LogP contribution in [-0.2, 0) is 6.54 Å². The molecule has 0 radical (unpaired) electrons. The van der Waals surface area contributed by atoms with E-state index in [1.807, 2.05) is 25.5 Å². The van der Waals surface area contributed by atoms with Gasteiger partial charge in [0.1, 0.15) is 0 Å². The largest absolute Gasteiger partial charge is 0.321 e. The van der Waals surface area contributed by atoms with Crippen molar-refractivity contribution in [2.24, 2.45) is 0 Å². The Kier molecular flexibility index (Phi) is 2.48. The van der Waals surface area contributed by atoms with E-state index in [1.165, 1.54) is 0 Å². The maximum Gasteiger partial charge on any atom is 0.320 e. The molecule has 0 saturated heterocycles. The van der Waals surface area contributed by atoms with E-state index < -0.39 is 0 Å². The fraction of sp³-hybridized carbons (Fsp3) is 0.444. The van der Waals surface area contributed by atoms with Gasteiger partial charge in [-0.2, -0.15) is 10.1 Å². The minimum Gasteiger partial charge on any atom is -0.321 e. The van der Waals surface area contributed by atoms with Crippen molar-refractivity contribution in [2.45, 2.75) is 27.3 Å². The van der Waals surface area contributed by atoms with Crippen molar-refractivity contribution in [3.05, 3.63) is 16.7 Å². The van der Waals surface area contributed by atoms with Gasteiger partial charge in [-0.05, 0) is 32.4 Å². The summed E-state index contributed by atoms with van der Waals surface area (Å²) in [7, 11) is 0. The fourth-order valence-corrected chi connectivity index (χ4v) is 1.75. The molecule has 2 aromatic heterocycles. The second-order valence-electron chi connectivity index (χ2n) is 3.23. The van der Waals surface area contributed by atoms with Gasteiger partial charge in [0.05, 0.1) is 11.3 Å². The molecule has 0 atom stereocenters. The Balaban J connectivity index is 2.57. The molecule has 2 rings (SSSR count). The first-order valence-corrected chi connectivity index (χ1v) is 5.05. The SMILES string of the molecule is CCn1nc(C)c(-c2noc(Cl)n2)c1C. The van der Waals surface area contributed by atoms with Crippen LogP contribution >= 0.6 is 11.6 Å². The van der Waals surface area contributed by atoms with Crippen LogP contribution in [0.2, 0.25) is 5.35 Å². The van der Waals surface area contributed by atoms with E-state index in [0.29, 0.717) is 5.82 Å². The molecule has 80 valence electrons. The van der Waals surface area contributed by atoms with E-state index in [-0.39, 0.29) is 5.35 Å². The molecule has 0 aromatic carbocycles. The van der Waals surface area contributed by atoms with Gasteiger partial charge in [0.2, 0.25) is 5.82 Å². The first-order valence-electron chi connectivity index (χ1n) is 4.67. The highest BCUT2D eigenvalue weighted by Gasteiger charge is 2.17. The second-order valence-corrected chi connectivity index (χ2v) is 3.56. The van der Waals surface area contributed by atoms with Gasteiger partial charge in [-0.3, -0.25) is 4.68 Å². The highest BCUT2D eigenvalue weighted by atomic mass is 35.5. The van der Waals surface area contributed by atoms with Gasteiger partial charge in [0.25, 0.3) is 0 Å². The van der Waals surface area contributed by atoms with Crippen molar-refractivity contribution in [3.63, 3.8) is 0 Å². The van der Waals surface area contributed by atoms with Crippen molar-refractivity contribution < 1.29 is 4.52 Å². The number of hydrogen-bond acceptors (Lipinski definition) is 4. The summed E-state index contributed by atoms with van der Waals surface area (Å²) in [5.41, 5.74) is 2.80. The molecule has 0 fully saturated rings. The summed E-state index contributed by atoms with van der Waals surface area (Å²) in [5, 5.41) is 8.20. The average Bonchev–Trinajstić information content (AvgIpc) is 2.71. The van der Waals surface area contributed by atoms with Crippen LogP contribution in [0.25, 0.3) is 11.4 Å². The summed E-state index contributed by atoms with van der Waals surface area (Å²) >= 11 is 5.59. The Labute approximate surface area is 92.0 Å².